The summed E-state index contributed by atoms with van der Waals surface area (Å²) < 4.78 is 0. The Balaban J connectivity index is 1.63. The highest BCUT2D eigenvalue weighted by atomic mass is 35.5. The predicted molar refractivity (Wildman–Crippen MR) is 138 cm³/mol. The predicted octanol–water partition coefficient (Wildman–Crippen LogP) is 4.41. The molecule has 0 radical (unpaired) electrons. The van der Waals surface area contributed by atoms with E-state index in [0.717, 1.165) is 25.9 Å². The number of benzene rings is 2. The average Bonchev–Trinajstić information content (AvgIpc) is 2.84. The number of nitro benzene ring substituents is 1. The minimum atomic E-state index is -0.488. The monoisotopic (exact) mass is 499 g/mol. The molecule has 9 nitrogen and oxygen atoms in total. The van der Waals surface area contributed by atoms with Crippen LogP contribution in [0.5, 0.6) is 0 Å². The Morgan fingerprint density at radius 3 is 2.34 bits per heavy atom. The van der Waals surface area contributed by atoms with Crippen molar-refractivity contribution in [2.24, 2.45) is 5.92 Å². The third-order valence-corrected chi connectivity index (χ3v) is 7.14. The molecule has 0 aromatic heterocycles. The third kappa shape index (κ3) is 5.51. The lowest BCUT2D eigenvalue weighted by Gasteiger charge is -2.37. The van der Waals surface area contributed by atoms with Crippen molar-refractivity contribution in [1.29, 1.82) is 0 Å². The van der Waals surface area contributed by atoms with Crippen LogP contribution in [-0.4, -0.2) is 60.9 Å². The van der Waals surface area contributed by atoms with Crippen LogP contribution < -0.4 is 15.1 Å². The van der Waals surface area contributed by atoms with Crippen LogP contribution in [0.4, 0.5) is 22.7 Å². The molecule has 0 atom stereocenters. The summed E-state index contributed by atoms with van der Waals surface area (Å²) in [5, 5.41) is 14.9. The number of amides is 2. The van der Waals surface area contributed by atoms with Gasteiger partial charge in [-0.05, 0) is 37.0 Å². The Bertz CT molecular complexity index is 1120. The van der Waals surface area contributed by atoms with Crippen molar-refractivity contribution in [2.45, 2.75) is 26.7 Å². The van der Waals surface area contributed by atoms with Crippen LogP contribution in [0.25, 0.3) is 0 Å². The fourth-order valence-electron chi connectivity index (χ4n) is 4.72. The van der Waals surface area contributed by atoms with Crippen LogP contribution in [0.1, 0.15) is 37.0 Å². The number of hydrogen-bond acceptors (Lipinski definition) is 6. The topological polar surface area (TPSA) is 99.0 Å². The van der Waals surface area contributed by atoms with Gasteiger partial charge in [-0.15, -0.1) is 0 Å². The van der Waals surface area contributed by atoms with E-state index in [4.69, 9.17) is 11.6 Å². The zero-order valence-electron chi connectivity index (χ0n) is 20.0. The molecule has 10 heteroatoms. The Hall–Kier alpha value is -3.33. The number of carbonyl (C=O) groups excluding carboxylic acids is 2. The van der Waals surface area contributed by atoms with Gasteiger partial charge in [0.2, 0.25) is 5.91 Å². The maximum Gasteiger partial charge on any atom is 0.270 e. The highest BCUT2D eigenvalue weighted by Gasteiger charge is 2.26. The summed E-state index contributed by atoms with van der Waals surface area (Å²) in [4.78, 5) is 42.2. The van der Waals surface area contributed by atoms with Crippen molar-refractivity contribution in [3.05, 3.63) is 57.1 Å². The highest BCUT2D eigenvalue weighted by Crippen LogP contribution is 2.36. The van der Waals surface area contributed by atoms with Crippen molar-refractivity contribution < 1.29 is 14.5 Å². The number of rotatable bonds is 5. The molecule has 0 unspecified atom stereocenters. The fraction of sp³-hybridized carbons (Fsp3) is 0.440. The van der Waals surface area contributed by atoms with Crippen molar-refractivity contribution in [2.75, 3.05) is 54.4 Å². The Morgan fingerprint density at radius 1 is 1.03 bits per heavy atom. The summed E-state index contributed by atoms with van der Waals surface area (Å²) in [5.74, 6) is 0.218. The van der Waals surface area contributed by atoms with Gasteiger partial charge in [0.25, 0.3) is 11.6 Å². The van der Waals surface area contributed by atoms with Crippen LogP contribution in [0.2, 0.25) is 5.02 Å². The molecule has 4 rings (SSSR count). The van der Waals surface area contributed by atoms with E-state index >= 15 is 0 Å². The third-order valence-electron chi connectivity index (χ3n) is 6.84. The number of piperidine rings is 1. The molecule has 0 bridgehead atoms. The molecule has 0 saturated carbocycles. The number of para-hydroxylation sites is 1. The number of carbonyl (C=O) groups is 2. The summed E-state index contributed by atoms with van der Waals surface area (Å²) in [6, 6.07) is 9.76. The number of halogens is 1. The number of nitrogens with zero attached hydrogens (tertiary/aromatic N) is 4. The lowest BCUT2D eigenvalue weighted by Crippen LogP contribution is -2.48. The maximum atomic E-state index is 13.5. The van der Waals surface area contributed by atoms with Gasteiger partial charge >= 0.3 is 0 Å². The first kappa shape index (κ1) is 24.8. The van der Waals surface area contributed by atoms with Gasteiger partial charge in [-0.2, -0.15) is 0 Å². The largest absolute Gasteiger partial charge is 0.371 e. The second-order valence-electron chi connectivity index (χ2n) is 9.21. The zero-order valence-corrected chi connectivity index (χ0v) is 20.8. The van der Waals surface area contributed by atoms with E-state index in [2.05, 4.69) is 22.0 Å². The van der Waals surface area contributed by atoms with Gasteiger partial charge in [-0.3, -0.25) is 19.7 Å². The molecule has 186 valence electrons. The normalized spacial score (nSPS) is 16.8. The van der Waals surface area contributed by atoms with Crippen molar-refractivity contribution >= 4 is 46.2 Å². The molecule has 2 amide bonds. The van der Waals surface area contributed by atoms with Gasteiger partial charge in [-0.1, -0.05) is 24.6 Å². The van der Waals surface area contributed by atoms with E-state index in [1.165, 1.54) is 12.1 Å². The van der Waals surface area contributed by atoms with E-state index in [1.807, 2.05) is 0 Å². The quantitative estimate of drug-likeness (QED) is 0.483. The molecule has 2 fully saturated rings. The Morgan fingerprint density at radius 2 is 1.71 bits per heavy atom. The van der Waals surface area contributed by atoms with Gasteiger partial charge in [0, 0.05) is 58.3 Å². The molecule has 1 N–H and O–H groups in total. The number of nitrogens with one attached hydrogen (secondary N) is 1. The van der Waals surface area contributed by atoms with Gasteiger partial charge in [0.05, 0.1) is 32.6 Å². The van der Waals surface area contributed by atoms with Crippen LogP contribution in [-0.2, 0) is 4.79 Å². The van der Waals surface area contributed by atoms with Gasteiger partial charge < -0.3 is 20.0 Å². The van der Waals surface area contributed by atoms with Gasteiger partial charge in [0.15, 0.2) is 0 Å². The summed E-state index contributed by atoms with van der Waals surface area (Å²) in [6.45, 7) is 7.64. The van der Waals surface area contributed by atoms with Crippen LogP contribution in [0.15, 0.2) is 36.4 Å². The maximum absolute atomic E-state index is 13.5. The molecule has 35 heavy (non-hydrogen) atoms. The van der Waals surface area contributed by atoms with Crippen LogP contribution in [0.3, 0.4) is 0 Å². The first-order valence-corrected chi connectivity index (χ1v) is 12.3. The summed E-state index contributed by atoms with van der Waals surface area (Å²) in [7, 11) is 0. The Labute approximate surface area is 209 Å². The number of non-ortho nitro benzene ring substituents is 1. The van der Waals surface area contributed by atoms with E-state index in [1.54, 1.807) is 36.1 Å². The van der Waals surface area contributed by atoms with E-state index in [0.29, 0.717) is 54.2 Å². The molecule has 2 aliphatic rings. The smallest absolute Gasteiger partial charge is 0.270 e. The molecule has 2 heterocycles. The Kier molecular flexibility index (Phi) is 7.45. The van der Waals surface area contributed by atoms with E-state index in [9.17, 15) is 19.7 Å². The summed E-state index contributed by atoms with van der Waals surface area (Å²) in [6.07, 6.45) is 2.01. The summed E-state index contributed by atoms with van der Waals surface area (Å²) in [5.41, 5.74) is 2.05. The number of anilines is 3. The number of nitro groups is 1. The molecular weight excluding hydrogens is 470 g/mol. The minimum Gasteiger partial charge on any atom is -0.371 e. The van der Waals surface area contributed by atoms with Gasteiger partial charge in [-0.25, -0.2) is 0 Å². The fourth-order valence-corrected chi connectivity index (χ4v) is 5.01. The molecular formula is C25H30ClN5O4. The second kappa shape index (κ2) is 10.5. The van der Waals surface area contributed by atoms with Crippen LogP contribution in [0, 0.1) is 16.0 Å². The van der Waals surface area contributed by atoms with Crippen molar-refractivity contribution in [3.8, 4) is 0 Å². The molecule has 2 aliphatic heterocycles. The van der Waals surface area contributed by atoms with Crippen molar-refractivity contribution in [3.63, 3.8) is 0 Å². The molecule has 0 aliphatic carbocycles. The standard InChI is InChI=1S/C25H30ClN5O4/c1-17-8-10-29(11-9-17)23-7-6-19(31(34)35)16-20(23)25(33)27-22-5-3-4-21(26)24(22)30-14-12-28(13-15-30)18(2)32/h3-7,16-17H,8-15H2,1-2H3,(H,27,33). The molecule has 0 spiro atoms. The number of piperazine rings is 1. The second-order valence-corrected chi connectivity index (χ2v) is 9.62. The lowest BCUT2D eigenvalue weighted by atomic mass is 9.97. The zero-order chi connectivity index (χ0) is 25.1. The van der Waals surface area contributed by atoms with E-state index < -0.39 is 10.8 Å². The van der Waals surface area contributed by atoms with Crippen LogP contribution >= 0.6 is 11.6 Å². The molecule has 2 saturated heterocycles. The molecule has 2 aromatic rings. The summed E-state index contributed by atoms with van der Waals surface area (Å²) >= 11 is 6.55. The van der Waals surface area contributed by atoms with Gasteiger partial charge in [0.1, 0.15) is 0 Å². The SMILES string of the molecule is CC(=O)N1CCN(c2c(Cl)cccc2NC(=O)c2cc([N+](=O)[O-])ccc2N2CCC(C)CC2)CC1. The first-order valence-electron chi connectivity index (χ1n) is 11.9. The minimum absolute atomic E-state index is 0.0302. The highest BCUT2D eigenvalue weighted by molar-refractivity contribution is 6.34. The first-order chi connectivity index (χ1) is 16.7. The average molecular weight is 500 g/mol. The van der Waals surface area contributed by atoms with E-state index in [-0.39, 0.29) is 17.2 Å². The van der Waals surface area contributed by atoms with Crippen molar-refractivity contribution in [1.82, 2.24) is 4.90 Å². The lowest BCUT2D eigenvalue weighted by molar-refractivity contribution is -0.384. The number of hydrogen-bond donors (Lipinski definition) is 1. The molecule has 2 aromatic carbocycles.